The van der Waals surface area contributed by atoms with Gasteiger partial charge >= 0.3 is 5.97 Å². The number of piperazine rings is 1. The Hall–Kier alpha value is -2.48. The monoisotopic (exact) mass is 302 g/mol. The van der Waals surface area contributed by atoms with Crippen LogP contribution in [-0.4, -0.2) is 61.2 Å². The average molecular weight is 302 g/mol. The van der Waals surface area contributed by atoms with Crippen molar-refractivity contribution in [1.29, 1.82) is 0 Å². The summed E-state index contributed by atoms with van der Waals surface area (Å²) in [5.41, 5.74) is 0. The smallest absolute Gasteiger partial charge is 0.322 e. The predicted molar refractivity (Wildman–Crippen MR) is 79.3 cm³/mol. The molecule has 22 heavy (non-hydrogen) atoms. The molecule has 0 aliphatic carbocycles. The lowest BCUT2D eigenvalue weighted by atomic mass is 10.1. The number of imidazole rings is 1. The summed E-state index contributed by atoms with van der Waals surface area (Å²) in [5.74, 6) is 0.593. The molecule has 1 aliphatic rings. The van der Waals surface area contributed by atoms with E-state index in [1.54, 1.807) is 24.7 Å². The fourth-order valence-corrected chi connectivity index (χ4v) is 2.61. The van der Waals surface area contributed by atoms with Crippen molar-refractivity contribution in [2.75, 3.05) is 24.5 Å². The normalized spacial score (nSPS) is 19.3. The highest BCUT2D eigenvalue weighted by molar-refractivity contribution is 5.74. The number of aliphatic carboxylic acids is 1. The molecule has 0 amide bonds. The molecule has 2 aromatic rings. The Labute approximate surface area is 128 Å². The van der Waals surface area contributed by atoms with Crippen LogP contribution in [0.25, 0.3) is 0 Å². The van der Waals surface area contributed by atoms with Crippen molar-refractivity contribution in [2.45, 2.75) is 12.6 Å². The summed E-state index contributed by atoms with van der Waals surface area (Å²) in [6, 6.07) is 1.14. The fourth-order valence-electron chi connectivity index (χ4n) is 2.61. The summed E-state index contributed by atoms with van der Waals surface area (Å²) >= 11 is 0. The molecule has 116 valence electrons. The average Bonchev–Trinajstić information content (AvgIpc) is 2.93. The minimum absolute atomic E-state index is 0.365. The van der Waals surface area contributed by atoms with E-state index >= 15 is 0 Å². The third-order valence-electron chi connectivity index (χ3n) is 3.88. The van der Waals surface area contributed by atoms with Gasteiger partial charge in [0.1, 0.15) is 11.9 Å². The number of anilines is 1. The maximum absolute atomic E-state index is 11.6. The Morgan fingerprint density at radius 1 is 1.27 bits per heavy atom. The first kappa shape index (κ1) is 14.5. The summed E-state index contributed by atoms with van der Waals surface area (Å²) in [4.78, 5) is 28.1. The molecule has 0 aromatic carbocycles. The van der Waals surface area contributed by atoms with Crippen molar-refractivity contribution in [2.24, 2.45) is 7.05 Å². The van der Waals surface area contributed by atoms with Gasteiger partial charge in [0.15, 0.2) is 0 Å². The SMILES string of the molecule is Cn1ccnc1CN1CCN(c2ncccn2)C[C@H]1C(=O)O. The van der Waals surface area contributed by atoms with Crippen LogP contribution in [0.3, 0.4) is 0 Å². The molecule has 0 saturated carbocycles. The highest BCUT2D eigenvalue weighted by atomic mass is 16.4. The van der Waals surface area contributed by atoms with E-state index in [1.807, 2.05) is 27.6 Å². The first-order valence-electron chi connectivity index (χ1n) is 7.10. The van der Waals surface area contributed by atoms with Crippen LogP contribution >= 0.6 is 0 Å². The van der Waals surface area contributed by atoms with Crippen molar-refractivity contribution in [3.63, 3.8) is 0 Å². The van der Waals surface area contributed by atoms with Crippen LogP contribution in [0.1, 0.15) is 5.82 Å². The number of rotatable bonds is 4. The van der Waals surface area contributed by atoms with E-state index in [2.05, 4.69) is 15.0 Å². The fraction of sp³-hybridized carbons (Fsp3) is 0.429. The third kappa shape index (κ3) is 2.91. The molecule has 0 bridgehead atoms. The van der Waals surface area contributed by atoms with Crippen LogP contribution in [0.15, 0.2) is 30.9 Å². The number of carboxylic acids is 1. The van der Waals surface area contributed by atoms with E-state index in [9.17, 15) is 9.90 Å². The van der Waals surface area contributed by atoms with Crippen LogP contribution in [0.2, 0.25) is 0 Å². The van der Waals surface area contributed by atoms with Crippen LogP contribution in [0, 0.1) is 0 Å². The lowest BCUT2D eigenvalue weighted by Crippen LogP contribution is -2.56. The lowest BCUT2D eigenvalue weighted by Gasteiger charge is -2.39. The zero-order valence-corrected chi connectivity index (χ0v) is 12.3. The molecular formula is C14H18N6O2. The van der Waals surface area contributed by atoms with E-state index in [1.165, 1.54) is 0 Å². The molecule has 1 saturated heterocycles. The Bertz CT molecular complexity index is 644. The highest BCUT2D eigenvalue weighted by Gasteiger charge is 2.33. The van der Waals surface area contributed by atoms with Gasteiger partial charge in [-0.05, 0) is 6.07 Å². The summed E-state index contributed by atoms with van der Waals surface area (Å²) in [5, 5.41) is 9.53. The Morgan fingerprint density at radius 3 is 2.68 bits per heavy atom. The number of hydrogen-bond donors (Lipinski definition) is 1. The zero-order chi connectivity index (χ0) is 15.5. The summed E-state index contributed by atoms with van der Waals surface area (Å²) in [6.45, 7) is 2.20. The van der Waals surface area contributed by atoms with E-state index in [4.69, 9.17) is 0 Å². The second kappa shape index (κ2) is 6.10. The Balaban J connectivity index is 1.74. The number of aromatic nitrogens is 4. The number of hydrogen-bond acceptors (Lipinski definition) is 6. The zero-order valence-electron chi connectivity index (χ0n) is 12.3. The van der Waals surface area contributed by atoms with Crippen LogP contribution in [0.4, 0.5) is 5.95 Å². The molecule has 3 heterocycles. The molecule has 1 N–H and O–H groups in total. The first-order valence-corrected chi connectivity index (χ1v) is 7.10. The molecule has 0 radical (unpaired) electrons. The number of aryl methyl sites for hydroxylation is 1. The van der Waals surface area contributed by atoms with Crippen molar-refractivity contribution < 1.29 is 9.90 Å². The van der Waals surface area contributed by atoms with Gasteiger partial charge in [-0.3, -0.25) is 9.69 Å². The van der Waals surface area contributed by atoms with E-state index < -0.39 is 12.0 Å². The van der Waals surface area contributed by atoms with Crippen molar-refractivity contribution in [3.05, 3.63) is 36.7 Å². The van der Waals surface area contributed by atoms with Gasteiger partial charge in [-0.2, -0.15) is 0 Å². The predicted octanol–water partition coefficient (Wildman–Crippen LogP) is -0.0145. The van der Waals surface area contributed by atoms with Crippen LogP contribution < -0.4 is 4.90 Å². The molecule has 1 aliphatic heterocycles. The van der Waals surface area contributed by atoms with Crippen LogP contribution in [0.5, 0.6) is 0 Å². The largest absolute Gasteiger partial charge is 0.480 e. The summed E-state index contributed by atoms with van der Waals surface area (Å²) in [6.07, 6.45) is 6.91. The topological polar surface area (TPSA) is 87.4 Å². The minimum Gasteiger partial charge on any atom is -0.480 e. The maximum atomic E-state index is 11.6. The third-order valence-corrected chi connectivity index (χ3v) is 3.88. The Morgan fingerprint density at radius 2 is 2.05 bits per heavy atom. The molecule has 2 aromatic heterocycles. The second-order valence-corrected chi connectivity index (χ2v) is 5.27. The Kier molecular flexibility index (Phi) is 4.01. The molecule has 0 spiro atoms. The molecule has 0 unspecified atom stereocenters. The number of carboxylic acid groups (broad SMARTS) is 1. The molecule has 3 rings (SSSR count). The van der Waals surface area contributed by atoms with Crippen LogP contribution in [-0.2, 0) is 18.4 Å². The van der Waals surface area contributed by atoms with Crippen molar-refractivity contribution in [3.8, 4) is 0 Å². The number of nitrogens with zero attached hydrogens (tertiary/aromatic N) is 6. The molecular weight excluding hydrogens is 284 g/mol. The van der Waals surface area contributed by atoms with Gasteiger partial charge in [0.05, 0.1) is 6.54 Å². The first-order chi connectivity index (χ1) is 10.6. The van der Waals surface area contributed by atoms with Gasteiger partial charge in [-0.1, -0.05) is 0 Å². The molecule has 1 atom stereocenters. The number of carbonyl (C=O) groups is 1. The van der Waals surface area contributed by atoms with Gasteiger partial charge in [-0.25, -0.2) is 15.0 Å². The lowest BCUT2D eigenvalue weighted by molar-refractivity contribution is -0.143. The van der Waals surface area contributed by atoms with Gasteiger partial charge in [0.2, 0.25) is 5.95 Å². The molecule has 1 fully saturated rings. The molecule has 8 nitrogen and oxygen atoms in total. The second-order valence-electron chi connectivity index (χ2n) is 5.27. The van der Waals surface area contributed by atoms with Gasteiger partial charge < -0.3 is 14.6 Å². The van der Waals surface area contributed by atoms with E-state index in [0.717, 1.165) is 5.82 Å². The highest BCUT2D eigenvalue weighted by Crippen LogP contribution is 2.17. The van der Waals surface area contributed by atoms with Gasteiger partial charge in [0.25, 0.3) is 0 Å². The van der Waals surface area contributed by atoms with E-state index in [0.29, 0.717) is 32.1 Å². The standard InChI is InChI=1S/C14H18N6O2/c1-18-6-5-15-12(18)10-19-7-8-20(9-11(19)13(21)22)14-16-3-2-4-17-14/h2-6,11H,7-10H2,1H3,(H,21,22)/t11-/m0/s1. The maximum Gasteiger partial charge on any atom is 0.322 e. The van der Waals surface area contributed by atoms with E-state index in [-0.39, 0.29) is 0 Å². The van der Waals surface area contributed by atoms with Gasteiger partial charge in [0, 0.05) is 51.5 Å². The quantitative estimate of drug-likeness (QED) is 0.849. The molecule has 8 heteroatoms. The van der Waals surface area contributed by atoms with Crippen molar-refractivity contribution >= 4 is 11.9 Å². The van der Waals surface area contributed by atoms with Crippen molar-refractivity contribution in [1.82, 2.24) is 24.4 Å². The summed E-state index contributed by atoms with van der Waals surface area (Å²) in [7, 11) is 1.91. The minimum atomic E-state index is -0.838. The van der Waals surface area contributed by atoms with Gasteiger partial charge in [-0.15, -0.1) is 0 Å². The summed E-state index contributed by atoms with van der Waals surface area (Å²) < 4.78 is 1.91.